The van der Waals surface area contributed by atoms with Crippen molar-refractivity contribution < 1.29 is 17.9 Å². The summed E-state index contributed by atoms with van der Waals surface area (Å²) in [6, 6.07) is 16.6. The van der Waals surface area contributed by atoms with Crippen LogP contribution in [0.15, 0.2) is 65.6 Å². The maximum Gasteiger partial charge on any atom is 0.262 e. The second-order valence-electron chi connectivity index (χ2n) is 6.71. The van der Waals surface area contributed by atoms with Crippen LogP contribution in [0.4, 0.5) is 11.4 Å². The Morgan fingerprint density at radius 3 is 2.55 bits per heavy atom. The summed E-state index contributed by atoms with van der Waals surface area (Å²) in [7, 11) is -3.92. The molecule has 148 valence electrons. The third kappa shape index (κ3) is 4.21. The number of sulfonamides is 1. The first-order chi connectivity index (χ1) is 13.8. The van der Waals surface area contributed by atoms with Gasteiger partial charge in [0.2, 0.25) is 5.91 Å². The van der Waals surface area contributed by atoms with Gasteiger partial charge in [0.05, 0.1) is 17.0 Å². The summed E-state index contributed by atoms with van der Waals surface area (Å²) in [5, 5.41) is 3.05. The van der Waals surface area contributed by atoms with Crippen molar-refractivity contribution in [2.75, 3.05) is 10.0 Å². The Bertz CT molecular complexity index is 1210. The van der Waals surface area contributed by atoms with Crippen LogP contribution in [-0.4, -0.2) is 14.3 Å². The van der Waals surface area contributed by atoms with Crippen molar-refractivity contribution in [3.63, 3.8) is 0 Å². The number of hydrogen-bond acceptors (Lipinski definition) is 4. The molecule has 29 heavy (non-hydrogen) atoms. The van der Waals surface area contributed by atoms with Crippen LogP contribution < -0.4 is 14.8 Å². The quantitative estimate of drug-likeness (QED) is 0.614. The Morgan fingerprint density at radius 2 is 1.79 bits per heavy atom. The molecule has 0 atom stereocenters. The van der Waals surface area contributed by atoms with Gasteiger partial charge < -0.3 is 10.1 Å². The van der Waals surface area contributed by atoms with Gasteiger partial charge in [-0.1, -0.05) is 29.3 Å². The first kappa shape index (κ1) is 19.3. The van der Waals surface area contributed by atoms with E-state index in [9.17, 15) is 13.2 Å². The van der Waals surface area contributed by atoms with Crippen molar-refractivity contribution in [3.8, 4) is 11.5 Å². The van der Waals surface area contributed by atoms with Gasteiger partial charge in [-0.25, -0.2) is 8.42 Å². The molecule has 3 aromatic rings. The molecular formula is C21H17ClN2O4S. The van der Waals surface area contributed by atoms with Gasteiger partial charge in [0.25, 0.3) is 10.0 Å². The van der Waals surface area contributed by atoms with Gasteiger partial charge in [-0.05, 0) is 61.0 Å². The van der Waals surface area contributed by atoms with E-state index in [2.05, 4.69) is 10.0 Å². The van der Waals surface area contributed by atoms with Gasteiger partial charge in [0, 0.05) is 10.7 Å². The molecule has 0 aromatic heterocycles. The molecule has 0 saturated carbocycles. The fourth-order valence-corrected chi connectivity index (χ4v) is 4.26. The molecule has 1 aliphatic heterocycles. The van der Waals surface area contributed by atoms with Crippen LogP contribution in [0.25, 0.3) is 0 Å². The number of amides is 1. The molecule has 0 saturated heterocycles. The number of benzene rings is 3. The lowest BCUT2D eigenvalue weighted by Crippen LogP contribution is -2.14. The van der Waals surface area contributed by atoms with Gasteiger partial charge in [0.15, 0.2) is 5.75 Å². The Labute approximate surface area is 173 Å². The second kappa shape index (κ2) is 7.42. The maximum absolute atomic E-state index is 12.9. The zero-order valence-corrected chi connectivity index (χ0v) is 17.0. The average molecular weight is 429 g/mol. The van der Waals surface area contributed by atoms with Crippen molar-refractivity contribution in [2.24, 2.45) is 0 Å². The molecule has 4 rings (SSSR count). The highest BCUT2D eigenvalue weighted by molar-refractivity contribution is 7.92. The molecule has 6 nitrogen and oxygen atoms in total. The molecule has 1 amide bonds. The van der Waals surface area contributed by atoms with Crippen molar-refractivity contribution in [1.29, 1.82) is 0 Å². The highest BCUT2D eigenvalue weighted by Gasteiger charge is 2.23. The van der Waals surface area contributed by atoms with E-state index in [1.807, 2.05) is 19.1 Å². The number of nitrogens with one attached hydrogen (secondary N) is 2. The Kier molecular flexibility index (Phi) is 4.94. The summed E-state index contributed by atoms with van der Waals surface area (Å²) < 4.78 is 34.2. The Balaban J connectivity index is 1.64. The number of ether oxygens (including phenoxy) is 1. The topological polar surface area (TPSA) is 84.5 Å². The summed E-state index contributed by atoms with van der Waals surface area (Å²) in [6.07, 6.45) is 0.150. The van der Waals surface area contributed by atoms with Crippen molar-refractivity contribution in [1.82, 2.24) is 0 Å². The smallest absolute Gasteiger partial charge is 0.262 e. The van der Waals surface area contributed by atoms with Crippen LogP contribution in [0.5, 0.6) is 11.5 Å². The summed E-state index contributed by atoms with van der Waals surface area (Å²) in [6.45, 7) is 1.96. The zero-order chi connectivity index (χ0) is 20.6. The lowest BCUT2D eigenvalue weighted by atomic mass is 10.2. The summed E-state index contributed by atoms with van der Waals surface area (Å²) in [5.41, 5.74) is 2.56. The third-order valence-corrected chi connectivity index (χ3v) is 6.05. The fourth-order valence-electron chi connectivity index (χ4n) is 2.98. The standard InChI is InChI=1S/C21H17ClN2O4S/c1-13-2-5-16(6-3-13)28-20-9-4-15(22)12-19(20)24-29(26,27)17-7-8-18-14(10-17)11-21(25)23-18/h2-10,12,24H,11H2,1H3,(H,23,25). The van der Waals surface area contributed by atoms with E-state index >= 15 is 0 Å². The minimum atomic E-state index is -3.92. The first-order valence-electron chi connectivity index (χ1n) is 8.80. The molecule has 0 spiro atoms. The van der Waals surface area contributed by atoms with Gasteiger partial charge >= 0.3 is 0 Å². The summed E-state index contributed by atoms with van der Waals surface area (Å²) in [5.74, 6) is 0.728. The van der Waals surface area contributed by atoms with Crippen molar-refractivity contribution in [2.45, 2.75) is 18.2 Å². The minimum Gasteiger partial charge on any atom is -0.455 e. The van der Waals surface area contributed by atoms with Crippen molar-refractivity contribution >= 4 is 38.9 Å². The fraction of sp³-hybridized carbons (Fsp3) is 0.0952. The molecule has 1 heterocycles. The van der Waals surface area contributed by atoms with E-state index in [-0.39, 0.29) is 22.9 Å². The number of anilines is 2. The van der Waals surface area contributed by atoms with Gasteiger partial charge in [-0.2, -0.15) is 0 Å². The normalized spacial score (nSPS) is 13.0. The molecule has 2 N–H and O–H groups in total. The molecule has 0 unspecified atom stereocenters. The highest BCUT2D eigenvalue weighted by Crippen LogP contribution is 2.34. The number of carbonyl (C=O) groups is 1. The van der Waals surface area contributed by atoms with Gasteiger partial charge in [-0.15, -0.1) is 0 Å². The molecule has 8 heteroatoms. The van der Waals surface area contributed by atoms with E-state index in [0.717, 1.165) is 5.56 Å². The van der Waals surface area contributed by atoms with E-state index in [0.29, 0.717) is 27.8 Å². The molecule has 3 aromatic carbocycles. The number of aryl methyl sites for hydroxylation is 1. The van der Waals surface area contributed by atoms with Crippen LogP contribution in [0.1, 0.15) is 11.1 Å². The first-order valence-corrected chi connectivity index (χ1v) is 10.7. The Morgan fingerprint density at radius 1 is 1.03 bits per heavy atom. The summed E-state index contributed by atoms with van der Waals surface area (Å²) >= 11 is 6.07. The molecule has 0 radical (unpaired) electrons. The average Bonchev–Trinajstić information content (AvgIpc) is 3.04. The van der Waals surface area contributed by atoms with E-state index in [1.165, 1.54) is 18.2 Å². The second-order valence-corrected chi connectivity index (χ2v) is 8.82. The summed E-state index contributed by atoms with van der Waals surface area (Å²) in [4.78, 5) is 11.6. The lowest BCUT2D eigenvalue weighted by Gasteiger charge is -2.14. The van der Waals surface area contributed by atoms with Crippen LogP contribution in [-0.2, 0) is 21.2 Å². The molecule has 1 aliphatic rings. The minimum absolute atomic E-state index is 0.0500. The lowest BCUT2D eigenvalue weighted by molar-refractivity contribution is -0.115. The maximum atomic E-state index is 12.9. The predicted octanol–water partition coefficient (Wildman–Crippen LogP) is 4.74. The number of fused-ring (bicyclic) bond motifs is 1. The largest absolute Gasteiger partial charge is 0.455 e. The molecule has 0 bridgehead atoms. The molecular weight excluding hydrogens is 412 g/mol. The number of carbonyl (C=O) groups excluding carboxylic acids is 1. The SMILES string of the molecule is Cc1ccc(Oc2ccc(Cl)cc2NS(=O)(=O)c2ccc3c(c2)CC(=O)N3)cc1. The third-order valence-electron chi connectivity index (χ3n) is 4.45. The van der Waals surface area contributed by atoms with Crippen LogP contribution in [0.3, 0.4) is 0 Å². The number of hydrogen-bond donors (Lipinski definition) is 2. The van der Waals surface area contributed by atoms with Gasteiger partial charge in [-0.3, -0.25) is 9.52 Å². The van der Waals surface area contributed by atoms with Crippen LogP contribution in [0, 0.1) is 6.92 Å². The van der Waals surface area contributed by atoms with Crippen molar-refractivity contribution in [3.05, 3.63) is 76.8 Å². The highest BCUT2D eigenvalue weighted by atomic mass is 35.5. The number of rotatable bonds is 5. The monoisotopic (exact) mass is 428 g/mol. The molecule has 0 fully saturated rings. The van der Waals surface area contributed by atoms with E-state index < -0.39 is 10.0 Å². The number of halogens is 1. The molecule has 0 aliphatic carbocycles. The van der Waals surface area contributed by atoms with E-state index in [4.69, 9.17) is 16.3 Å². The van der Waals surface area contributed by atoms with Gasteiger partial charge in [0.1, 0.15) is 5.75 Å². The van der Waals surface area contributed by atoms with E-state index in [1.54, 1.807) is 30.3 Å². The Hall–Kier alpha value is -3.03. The predicted molar refractivity (Wildman–Crippen MR) is 112 cm³/mol. The van der Waals surface area contributed by atoms with Crippen LogP contribution >= 0.6 is 11.6 Å². The zero-order valence-electron chi connectivity index (χ0n) is 15.4. The van der Waals surface area contributed by atoms with Crippen LogP contribution in [0.2, 0.25) is 5.02 Å².